The molecule has 0 N–H and O–H groups in total. The maximum absolute atomic E-state index is 12.1. The third-order valence-electron chi connectivity index (χ3n) is 4.61. The van der Waals surface area contributed by atoms with E-state index in [4.69, 9.17) is 0 Å². The van der Waals surface area contributed by atoms with Crippen LogP contribution in [0.3, 0.4) is 0 Å². The third-order valence-corrected chi connectivity index (χ3v) is 4.61. The van der Waals surface area contributed by atoms with Crippen molar-refractivity contribution in [1.82, 2.24) is 9.97 Å². The number of aryl methyl sites for hydroxylation is 1. The Bertz CT molecular complexity index is 1200. The molecule has 0 aliphatic heterocycles. The van der Waals surface area contributed by atoms with E-state index in [2.05, 4.69) is 9.97 Å². The lowest BCUT2D eigenvalue weighted by molar-refractivity contribution is -0.110. The molecule has 140 valence electrons. The topological polar surface area (TPSA) is 42.9 Å². The van der Waals surface area contributed by atoms with Crippen LogP contribution in [0.5, 0.6) is 0 Å². The number of allylic oxidation sites excluding steroid dienone is 2. The largest absolute Gasteiger partial charge is 0.290 e. The van der Waals surface area contributed by atoms with E-state index in [1.54, 1.807) is 18.3 Å². The molecule has 3 aromatic carbocycles. The number of ketones is 1. The number of nitrogens with zero attached hydrogens (tertiary/aromatic N) is 2. The van der Waals surface area contributed by atoms with E-state index >= 15 is 0 Å². The Labute approximate surface area is 170 Å². The van der Waals surface area contributed by atoms with Gasteiger partial charge in [-0.3, -0.25) is 9.78 Å². The van der Waals surface area contributed by atoms with E-state index in [-0.39, 0.29) is 5.78 Å². The number of para-hydroxylation sites is 2. The number of carbonyl (C=O) groups excluding carboxylic acids is 1. The fourth-order valence-corrected chi connectivity index (χ4v) is 2.95. The summed E-state index contributed by atoms with van der Waals surface area (Å²) >= 11 is 0. The van der Waals surface area contributed by atoms with Crippen molar-refractivity contribution in [2.24, 2.45) is 0 Å². The van der Waals surface area contributed by atoms with Crippen molar-refractivity contribution in [1.29, 1.82) is 0 Å². The lowest BCUT2D eigenvalue weighted by Crippen LogP contribution is -1.88. The average molecular weight is 376 g/mol. The lowest BCUT2D eigenvalue weighted by atomic mass is 10.1. The summed E-state index contributed by atoms with van der Waals surface area (Å²) in [6.45, 7) is 2.04. The van der Waals surface area contributed by atoms with Crippen molar-refractivity contribution in [3.63, 3.8) is 0 Å². The van der Waals surface area contributed by atoms with Crippen LogP contribution >= 0.6 is 0 Å². The third kappa shape index (κ3) is 4.71. The van der Waals surface area contributed by atoms with Crippen molar-refractivity contribution >= 4 is 29.0 Å². The maximum Gasteiger partial charge on any atom is 0.178 e. The van der Waals surface area contributed by atoms with Gasteiger partial charge in [-0.1, -0.05) is 78.4 Å². The van der Waals surface area contributed by atoms with Crippen LogP contribution in [0.2, 0.25) is 0 Å². The minimum atomic E-state index is -0.0463. The molecule has 0 bridgehead atoms. The molecule has 3 heteroatoms. The van der Waals surface area contributed by atoms with Crippen LogP contribution in [0.25, 0.3) is 34.4 Å². The van der Waals surface area contributed by atoms with Crippen molar-refractivity contribution in [2.75, 3.05) is 0 Å². The molecular formula is C26H20N2O. The van der Waals surface area contributed by atoms with Gasteiger partial charge in [0.2, 0.25) is 0 Å². The number of aromatic nitrogens is 2. The molecule has 0 radical (unpaired) electrons. The summed E-state index contributed by atoms with van der Waals surface area (Å²) < 4.78 is 0. The number of fused-ring (bicyclic) bond motifs is 1. The molecule has 0 atom stereocenters. The molecule has 4 rings (SSSR count). The Balaban J connectivity index is 1.44. The SMILES string of the molecule is Cc1ccc(C=CC(=O)C=Cc2ccc(-c3cnc4ccccc4n3)cc2)cc1. The van der Waals surface area contributed by atoms with Gasteiger partial charge in [0.05, 0.1) is 22.9 Å². The molecule has 0 fully saturated rings. The highest BCUT2D eigenvalue weighted by Gasteiger charge is 2.02. The highest BCUT2D eigenvalue weighted by molar-refractivity contribution is 6.04. The number of rotatable bonds is 5. The normalized spacial score (nSPS) is 11.5. The highest BCUT2D eigenvalue weighted by atomic mass is 16.1. The molecule has 0 spiro atoms. The first kappa shape index (κ1) is 18.5. The van der Waals surface area contributed by atoms with Crippen molar-refractivity contribution in [2.45, 2.75) is 6.92 Å². The standard InChI is InChI=1S/C26H20N2O/c1-19-6-8-20(9-7-19)12-16-23(29)17-13-21-10-14-22(15-11-21)26-18-27-24-4-2-3-5-25(24)28-26/h2-18H,1H3. The second kappa shape index (κ2) is 8.44. The van der Waals surface area contributed by atoms with Crippen LogP contribution in [-0.2, 0) is 4.79 Å². The minimum absolute atomic E-state index is 0.0463. The summed E-state index contributed by atoms with van der Waals surface area (Å²) in [7, 11) is 0. The molecule has 4 aromatic rings. The Morgan fingerprint density at radius 3 is 2.00 bits per heavy atom. The van der Waals surface area contributed by atoms with Crippen LogP contribution < -0.4 is 0 Å². The van der Waals surface area contributed by atoms with Gasteiger partial charge >= 0.3 is 0 Å². The number of benzene rings is 3. The molecule has 0 amide bonds. The molecule has 0 unspecified atom stereocenters. The number of carbonyl (C=O) groups is 1. The van der Waals surface area contributed by atoms with E-state index in [0.717, 1.165) is 33.4 Å². The van der Waals surface area contributed by atoms with Gasteiger partial charge in [-0.2, -0.15) is 0 Å². The van der Waals surface area contributed by atoms with Gasteiger partial charge in [-0.15, -0.1) is 0 Å². The average Bonchev–Trinajstić information content (AvgIpc) is 2.77. The minimum Gasteiger partial charge on any atom is -0.290 e. The van der Waals surface area contributed by atoms with Crippen LogP contribution in [0.15, 0.2) is 91.1 Å². The Morgan fingerprint density at radius 1 is 0.759 bits per heavy atom. The molecule has 3 nitrogen and oxygen atoms in total. The van der Waals surface area contributed by atoms with Gasteiger partial charge in [0.15, 0.2) is 5.78 Å². The maximum atomic E-state index is 12.1. The van der Waals surface area contributed by atoms with E-state index in [1.165, 1.54) is 5.56 Å². The monoisotopic (exact) mass is 376 g/mol. The summed E-state index contributed by atoms with van der Waals surface area (Å²) in [6, 6.07) is 23.8. The van der Waals surface area contributed by atoms with Crippen molar-refractivity contribution in [3.8, 4) is 11.3 Å². The second-order valence-electron chi connectivity index (χ2n) is 6.85. The van der Waals surface area contributed by atoms with Gasteiger partial charge in [-0.05, 0) is 42.3 Å². The first-order valence-corrected chi connectivity index (χ1v) is 9.46. The number of hydrogen-bond donors (Lipinski definition) is 0. The summed E-state index contributed by atoms with van der Waals surface area (Å²) in [5.74, 6) is -0.0463. The quantitative estimate of drug-likeness (QED) is 0.407. The van der Waals surface area contributed by atoms with Crippen LogP contribution in [0, 0.1) is 6.92 Å². The molecule has 1 aromatic heterocycles. The summed E-state index contributed by atoms with van der Waals surface area (Å²) in [4.78, 5) is 21.2. The van der Waals surface area contributed by atoms with E-state index in [0.29, 0.717) is 0 Å². The molecule has 0 saturated carbocycles. The lowest BCUT2D eigenvalue weighted by Gasteiger charge is -2.03. The molecule has 0 saturated heterocycles. The van der Waals surface area contributed by atoms with Crippen molar-refractivity contribution < 1.29 is 4.79 Å². The van der Waals surface area contributed by atoms with Gasteiger partial charge < -0.3 is 0 Å². The van der Waals surface area contributed by atoms with Gasteiger partial charge in [0.1, 0.15) is 0 Å². The summed E-state index contributed by atoms with van der Waals surface area (Å²) in [5, 5.41) is 0. The Morgan fingerprint density at radius 2 is 1.34 bits per heavy atom. The van der Waals surface area contributed by atoms with E-state index in [9.17, 15) is 4.79 Å². The van der Waals surface area contributed by atoms with Gasteiger partial charge in [-0.25, -0.2) is 4.98 Å². The molecular weight excluding hydrogens is 356 g/mol. The molecule has 0 aliphatic rings. The fourth-order valence-electron chi connectivity index (χ4n) is 2.95. The zero-order valence-electron chi connectivity index (χ0n) is 16.1. The van der Waals surface area contributed by atoms with Gasteiger partial charge in [0, 0.05) is 5.56 Å². The Hall–Kier alpha value is -3.85. The smallest absolute Gasteiger partial charge is 0.178 e. The molecule has 29 heavy (non-hydrogen) atoms. The predicted molar refractivity (Wildman–Crippen MR) is 119 cm³/mol. The molecule has 1 heterocycles. The second-order valence-corrected chi connectivity index (χ2v) is 6.85. The van der Waals surface area contributed by atoms with E-state index in [1.807, 2.05) is 91.9 Å². The summed E-state index contributed by atoms with van der Waals surface area (Å²) in [5.41, 5.74) is 6.75. The fraction of sp³-hybridized carbons (Fsp3) is 0.0385. The zero-order chi connectivity index (χ0) is 20.1. The van der Waals surface area contributed by atoms with Gasteiger partial charge in [0.25, 0.3) is 0 Å². The predicted octanol–water partition coefficient (Wildman–Crippen LogP) is 5.90. The number of hydrogen-bond acceptors (Lipinski definition) is 3. The first-order valence-electron chi connectivity index (χ1n) is 9.46. The van der Waals surface area contributed by atoms with Crippen LogP contribution in [-0.4, -0.2) is 15.8 Å². The van der Waals surface area contributed by atoms with E-state index < -0.39 is 0 Å². The summed E-state index contributed by atoms with van der Waals surface area (Å²) in [6.07, 6.45) is 8.59. The van der Waals surface area contributed by atoms with Crippen LogP contribution in [0.4, 0.5) is 0 Å². The molecule has 0 aliphatic carbocycles. The Kier molecular flexibility index (Phi) is 5.39. The zero-order valence-corrected chi connectivity index (χ0v) is 16.1. The first-order chi connectivity index (χ1) is 14.2. The highest BCUT2D eigenvalue weighted by Crippen LogP contribution is 2.20. The van der Waals surface area contributed by atoms with Crippen molar-refractivity contribution in [3.05, 3.63) is 108 Å². The van der Waals surface area contributed by atoms with Crippen LogP contribution in [0.1, 0.15) is 16.7 Å².